The van der Waals surface area contributed by atoms with Gasteiger partial charge in [0, 0.05) is 11.0 Å². The Morgan fingerprint density at radius 1 is 1.35 bits per heavy atom. The van der Waals surface area contributed by atoms with Crippen molar-refractivity contribution in [3.8, 4) is 0 Å². The van der Waals surface area contributed by atoms with Crippen molar-refractivity contribution in [2.24, 2.45) is 0 Å². The molecule has 1 aromatic heterocycles. The fraction of sp³-hybridized carbons (Fsp3) is 0.786. The quantitative estimate of drug-likeness (QED) is 0.908. The van der Waals surface area contributed by atoms with E-state index in [4.69, 9.17) is 5.73 Å². The number of hydrogen-bond acceptors (Lipinski definition) is 4. The number of rotatable bonds is 2. The summed E-state index contributed by atoms with van der Waals surface area (Å²) in [5.41, 5.74) is 8.21. The van der Waals surface area contributed by atoms with Crippen LogP contribution in [0.2, 0.25) is 0 Å². The zero-order valence-corrected chi connectivity index (χ0v) is 13.8. The van der Waals surface area contributed by atoms with E-state index in [1.165, 1.54) is 0 Å². The summed E-state index contributed by atoms with van der Waals surface area (Å²) in [6.07, 6.45) is 0.606. The molecule has 6 heteroatoms. The lowest BCUT2D eigenvalue weighted by molar-refractivity contribution is 0.478. The summed E-state index contributed by atoms with van der Waals surface area (Å²) in [7, 11) is -2.94. The van der Waals surface area contributed by atoms with Crippen molar-refractivity contribution < 1.29 is 8.42 Å². The van der Waals surface area contributed by atoms with E-state index in [0.717, 1.165) is 11.3 Å². The highest BCUT2D eigenvalue weighted by Crippen LogP contribution is 2.36. The molecule has 20 heavy (non-hydrogen) atoms. The van der Waals surface area contributed by atoms with Crippen LogP contribution in [0.1, 0.15) is 64.3 Å². The predicted octanol–water partition coefficient (Wildman–Crippen LogP) is 2.25. The van der Waals surface area contributed by atoms with Gasteiger partial charge in [0.25, 0.3) is 0 Å². The van der Waals surface area contributed by atoms with E-state index in [-0.39, 0.29) is 28.9 Å². The molecule has 1 atom stereocenters. The minimum Gasteiger partial charge on any atom is -0.384 e. The summed E-state index contributed by atoms with van der Waals surface area (Å²) in [4.78, 5) is 0. The third kappa shape index (κ3) is 2.71. The Hall–Kier alpha value is -1.04. The Balaban J connectivity index is 2.51. The van der Waals surface area contributed by atoms with Crippen molar-refractivity contribution in [3.63, 3.8) is 0 Å². The molecule has 1 saturated heterocycles. The number of nitrogen functional groups attached to an aromatic ring is 1. The van der Waals surface area contributed by atoms with E-state index in [1.54, 1.807) is 4.68 Å². The normalized spacial score (nSPS) is 22.6. The van der Waals surface area contributed by atoms with Crippen molar-refractivity contribution in [2.75, 3.05) is 17.2 Å². The molecule has 2 rings (SSSR count). The van der Waals surface area contributed by atoms with E-state index >= 15 is 0 Å². The molecule has 1 aromatic rings. The minimum absolute atomic E-state index is 0.101. The molecule has 0 bridgehead atoms. The van der Waals surface area contributed by atoms with Gasteiger partial charge in [-0.05, 0) is 12.3 Å². The minimum atomic E-state index is -2.94. The van der Waals surface area contributed by atoms with Crippen LogP contribution in [-0.2, 0) is 15.3 Å². The Kier molecular flexibility index (Phi) is 3.65. The molecule has 2 heterocycles. The van der Waals surface area contributed by atoms with Gasteiger partial charge in [-0.25, -0.2) is 13.1 Å². The lowest BCUT2D eigenvalue weighted by atomic mass is 9.86. The summed E-state index contributed by atoms with van der Waals surface area (Å²) in [6, 6.07) is -0.117. The zero-order chi connectivity index (χ0) is 15.3. The number of nitrogens with two attached hydrogens (primary N) is 1. The second-order valence-electron chi connectivity index (χ2n) is 7.05. The number of nitrogens with zero attached hydrogens (tertiary/aromatic N) is 2. The number of sulfone groups is 1. The van der Waals surface area contributed by atoms with Crippen molar-refractivity contribution in [1.29, 1.82) is 0 Å². The van der Waals surface area contributed by atoms with Gasteiger partial charge in [-0.2, -0.15) is 5.10 Å². The second-order valence-corrected chi connectivity index (χ2v) is 9.28. The maximum atomic E-state index is 11.7. The number of hydrogen-bond donors (Lipinski definition) is 1. The zero-order valence-electron chi connectivity index (χ0n) is 13.0. The third-order valence-corrected chi connectivity index (χ3v) is 5.58. The fourth-order valence-corrected chi connectivity index (χ4v) is 4.52. The Bertz CT molecular complexity index is 609. The molecular weight excluding hydrogens is 274 g/mol. The average Bonchev–Trinajstić information content (AvgIpc) is 2.77. The van der Waals surface area contributed by atoms with E-state index in [9.17, 15) is 8.42 Å². The molecular formula is C14H25N3O2S. The molecule has 0 aromatic carbocycles. The average molecular weight is 299 g/mol. The lowest BCUT2D eigenvalue weighted by Crippen LogP contribution is -2.17. The van der Waals surface area contributed by atoms with Crippen LogP contribution in [0.25, 0.3) is 0 Å². The van der Waals surface area contributed by atoms with E-state index in [0.29, 0.717) is 12.2 Å². The maximum Gasteiger partial charge on any atom is 0.152 e. The molecule has 0 saturated carbocycles. The number of aromatic nitrogens is 2. The highest BCUT2D eigenvalue weighted by Gasteiger charge is 2.34. The summed E-state index contributed by atoms with van der Waals surface area (Å²) in [5.74, 6) is 1.29. The fourth-order valence-electron chi connectivity index (χ4n) is 2.83. The van der Waals surface area contributed by atoms with Crippen molar-refractivity contribution in [3.05, 3.63) is 11.3 Å². The van der Waals surface area contributed by atoms with E-state index < -0.39 is 9.84 Å². The lowest BCUT2D eigenvalue weighted by Gasteiger charge is -2.19. The van der Waals surface area contributed by atoms with Crippen LogP contribution >= 0.6 is 0 Å². The first-order valence-corrected chi connectivity index (χ1v) is 8.94. The van der Waals surface area contributed by atoms with Crippen LogP contribution in [0.3, 0.4) is 0 Å². The molecule has 1 fully saturated rings. The van der Waals surface area contributed by atoms with Crippen LogP contribution in [-0.4, -0.2) is 29.7 Å². The monoisotopic (exact) mass is 299 g/mol. The van der Waals surface area contributed by atoms with Gasteiger partial charge in [0.15, 0.2) is 9.84 Å². The highest BCUT2D eigenvalue weighted by molar-refractivity contribution is 7.91. The first-order chi connectivity index (χ1) is 9.03. The first kappa shape index (κ1) is 15.4. The van der Waals surface area contributed by atoms with Crippen molar-refractivity contribution in [2.45, 2.75) is 58.4 Å². The van der Waals surface area contributed by atoms with Crippen LogP contribution in [0.4, 0.5) is 5.82 Å². The largest absolute Gasteiger partial charge is 0.384 e. The molecule has 0 aliphatic carbocycles. The predicted molar refractivity (Wildman–Crippen MR) is 81.7 cm³/mol. The Morgan fingerprint density at radius 3 is 2.30 bits per heavy atom. The first-order valence-electron chi connectivity index (χ1n) is 7.11. The van der Waals surface area contributed by atoms with Gasteiger partial charge in [-0.1, -0.05) is 34.6 Å². The van der Waals surface area contributed by atoms with Crippen LogP contribution in [0.5, 0.6) is 0 Å². The third-order valence-electron chi connectivity index (χ3n) is 3.83. The molecule has 114 valence electrons. The van der Waals surface area contributed by atoms with E-state index in [2.05, 4.69) is 39.7 Å². The molecule has 5 nitrogen and oxygen atoms in total. The SMILES string of the molecule is CC(C)c1c(C(C)(C)C)nn(C2CCS(=O)(=O)C2)c1N. The van der Waals surface area contributed by atoms with Crippen molar-refractivity contribution in [1.82, 2.24) is 9.78 Å². The van der Waals surface area contributed by atoms with Gasteiger partial charge in [0.1, 0.15) is 5.82 Å². The van der Waals surface area contributed by atoms with Gasteiger partial charge in [0.05, 0.1) is 23.2 Å². The van der Waals surface area contributed by atoms with Gasteiger partial charge in [-0.15, -0.1) is 0 Å². The second kappa shape index (κ2) is 4.76. The topological polar surface area (TPSA) is 78.0 Å². The van der Waals surface area contributed by atoms with Gasteiger partial charge in [0.2, 0.25) is 0 Å². The van der Waals surface area contributed by atoms with Crippen LogP contribution in [0.15, 0.2) is 0 Å². The Labute approximate surface area is 121 Å². The van der Waals surface area contributed by atoms with Gasteiger partial charge in [-0.3, -0.25) is 0 Å². The molecule has 1 aliphatic rings. The molecule has 1 aliphatic heterocycles. The summed E-state index contributed by atoms with van der Waals surface area (Å²) < 4.78 is 25.1. The molecule has 0 amide bonds. The highest BCUT2D eigenvalue weighted by atomic mass is 32.2. The van der Waals surface area contributed by atoms with Gasteiger partial charge < -0.3 is 5.73 Å². The van der Waals surface area contributed by atoms with E-state index in [1.807, 2.05) is 0 Å². The summed E-state index contributed by atoms with van der Waals surface area (Å²) in [5, 5.41) is 4.68. The Morgan fingerprint density at radius 2 is 1.95 bits per heavy atom. The van der Waals surface area contributed by atoms with Crippen LogP contribution in [0, 0.1) is 0 Å². The molecule has 1 unspecified atom stereocenters. The standard InChI is InChI=1S/C14H25N3O2S/c1-9(2)11-12(14(3,4)5)16-17(13(11)15)10-6-7-20(18,19)8-10/h9-10H,6-8,15H2,1-5H3. The summed E-state index contributed by atoms with van der Waals surface area (Å²) >= 11 is 0. The maximum absolute atomic E-state index is 11.7. The number of anilines is 1. The molecule has 0 spiro atoms. The smallest absolute Gasteiger partial charge is 0.152 e. The van der Waals surface area contributed by atoms with Gasteiger partial charge >= 0.3 is 0 Å². The van der Waals surface area contributed by atoms with Crippen LogP contribution < -0.4 is 5.73 Å². The summed E-state index contributed by atoms with van der Waals surface area (Å²) in [6.45, 7) is 10.5. The molecule has 0 radical (unpaired) electrons. The van der Waals surface area contributed by atoms with Crippen molar-refractivity contribution >= 4 is 15.7 Å². The molecule has 2 N–H and O–H groups in total.